The van der Waals surface area contributed by atoms with Crippen LogP contribution in [-0.2, 0) is 48.5 Å². The minimum atomic E-state index is -0.202. The molecular formula is C36H74N2O8P2Tc. The summed E-state index contributed by atoms with van der Waals surface area (Å²) in [5.41, 5.74) is 1.41. The zero-order chi connectivity index (χ0) is 36.7. The molecule has 0 saturated carbocycles. The molecule has 0 aromatic carbocycles. The molecule has 0 aliphatic heterocycles. The number of ether oxygens (including phenoxy) is 6. The average molecular weight is 824 g/mol. The van der Waals surface area contributed by atoms with Crippen LogP contribution in [0.15, 0.2) is 33.7 Å². The summed E-state index contributed by atoms with van der Waals surface area (Å²) in [6.07, 6.45) is 18.4. The van der Waals surface area contributed by atoms with E-state index in [1.54, 1.807) is 56.5 Å². The molecule has 0 saturated heterocycles. The first kappa shape index (κ1) is 55.4. The minimum absolute atomic E-state index is 0. The molecule has 0 atom stereocenters. The fourth-order valence-corrected chi connectivity index (χ4v) is 10.0. The molecule has 0 spiro atoms. The van der Waals surface area contributed by atoms with Crippen LogP contribution in [0.3, 0.4) is 0 Å². The Labute approximate surface area is 317 Å². The molecule has 10 nitrogen and oxygen atoms in total. The number of aliphatic imine (C=N–C) groups is 2. The molecule has 0 N–H and O–H groups in total. The van der Waals surface area contributed by atoms with Gasteiger partial charge >= 0.3 is 0 Å². The van der Waals surface area contributed by atoms with Crippen molar-refractivity contribution in [2.24, 2.45) is 9.98 Å². The second-order valence-corrected chi connectivity index (χ2v) is 17.6. The van der Waals surface area contributed by atoms with Gasteiger partial charge < -0.3 is 38.6 Å². The Balaban J connectivity index is -0.000000307. The predicted octanol–water partition coefficient (Wildman–Crippen LogP) is 5.05. The summed E-state index contributed by atoms with van der Waals surface area (Å²) < 4.78 is 30.7. The number of methoxy groups -OCH3 is 6. The van der Waals surface area contributed by atoms with Crippen molar-refractivity contribution in [3.05, 3.63) is 23.7 Å². The fourth-order valence-electron chi connectivity index (χ4n) is 4.68. The van der Waals surface area contributed by atoms with Gasteiger partial charge in [0.2, 0.25) is 0 Å². The Morgan fingerprint density at radius 2 is 0.653 bits per heavy atom. The van der Waals surface area contributed by atoms with Crippen LogP contribution < -0.4 is 10.2 Å². The van der Waals surface area contributed by atoms with E-state index in [1.165, 1.54) is 101 Å². The average Bonchev–Trinajstić information content (AvgIpc) is 3.03. The molecule has 0 fully saturated rings. The molecule has 0 aromatic rings. The number of hydrogen-bond donors (Lipinski definition) is 0. The Morgan fingerprint density at radius 3 is 0.816 bits per heavy atom. The maximum atomic E-state index is 10.7. The molecular weight excluding hydrogens is 749 g/mol. The number of allylic oxidation sites excluding steroid dienone is 4. The van der Waals surface area contributed by atoms with Crippen LogP contribution in [0.25, 0.3) is 0 Å². The molecule has 0 rings (SSSR count). The van der Waals surface area contributed by atoms with E-state index in [2.05, 4.69) is 9.98 Å². The van der Waals surface area contributed by atoms with E-state index in [-0.39, 0.29) is 47.5 Å². The summed E-state index contributed by atoms with van der Waals surface area (Å²) in [4.78, 5) is 8.30. The molecule has 0 bridgehead atoms. The second kappa shape index (κ2) is 45.7. The largest absolute Gasteiger partial charge is 0.876 e. The van der Waals surface area contributed by atoms with Crippen molar-refractivity contribution in [3.8, 4) is 0 Å². The van der Waals surface area contributed by atoms with Crippen LogP contribution in [0, 0.1) is 0 Å². The third kappa shape index (κ3) is 49.8. The van der Waals surface area contributed by atoms with Crippen LogP contribution >= 0.6 is 15.8 Å². The van der Waals surface area contributed by atoms with Gasteiger partial charge in [0.25, 0.3) is 0 Å². The first-order valence-electron chi connectivity index (χ1n) is 17.4. The van der Waals surface area contributed by atoms with E-state index in [9.17, 15) is 10.2 Å². The van der Waals surface area contributed by atoms with Gasteiger partial charge in [-0.25, -0.2) is 0 Å². The third-order valence-electron chi connectivity index (χ3n) is 6.92. The van der Waals surface area contributed by atoms with Crippen LogP contribution in [0.5, 0.6) is 0 Å². The molecule has 0 aromatic heterocycles. The van der Waals surface area contributed by atoms with Gasteiger partial charge in [-0.3, -0.25) is 9.98 Å². The number of hydrogen-bond acceptors (Lipinski definition) is 10. The topological polar surface area (TPSA) is 126 Å². The summed E-state index contributed by atoms with van der Waals surface area (Å²) in [5, 5.41) is 21.4. The van der Waals surface area contributed by atoms with Gasteiger partial charge in [0, 0.05) is 168 Å². The Kier molecular flexibility index (Phi) is 51.7. The van der Waals surface area contributed by atoms with Crippen molar-refractivity contribution < 1.29 is 58.7 Å². The predicted molar refractivity (Wildman–Crippen MR) is 208 cm³/mol. The summed E-state index contributed by atoms with van der Waals surface area (Å²) in [6.45, 7) is 13.0. The summed E-state index contributed by atoms with van der Waals surface area (Å²) >= 11 is 0. The first-order chi connectivity index (χ1) is 23.1. The minimum Gasteiger partial charge on any atom is -0.876 e. The molecule has 1 radical (unpaired) electrons. The van der Waals surface area contributed by atoms with E-state index in [1.807, 2.05) is 0 Å². The Hall–Kier alpha value is -0.311. The van der Waals surface area contributed by atoms with Crippen LogP contribution in [0.4, 0.5) is 0 Å². The van der Waals surface area contributed by atoms with Crippen molar-refractivity contribution in [2.45, 2.75) is 66.2 Å². The van der Waals surface area contributed by atoms with E-state index >= 15 is 0 Å². The van der Waals surface area contributed by atoms with E-state index in [4.69, 9.17) is 28.4 Å². The van der Waals surface area contributed by atoms with Crippen molar-refractivity contribution in [2.75, 3.05) is 132 Å². The fraction of sp³-hybridized carbons (Fsp3) is 0.833. The first-order valence-corrected chi connectivity index (χ1v) is 21.7. The SMILES string of the molecule is CC(/C=C(/C)[O-])=NCCN=C(C)/C=C(/C)[O-].COCCC[PH+](CCCOC)CCCOC.COCCC[PH+](CCCOC)CCCOC.[99Tc]. The molecule has 0 unspecified atom stereocenters. The van der Waals surface area contributed by atoms with Gasteiger partial charge in [0.05, 0.1) is 50.1 Å². The molecule has 0 amide bonds. The molecule has 0 heterocycles. The van der Waals surface area contributed by atoms with Gasteiger partial charge in [0.1, 0.15) is 0 Å². The second-order valence-electron chi connectivity index (χ2n) is 11.6. The monoisotopic (exact) mass is 823 g/mol. The number of nitrogens with zero attached hydrogens (tertiary/aromatic N) is 2. The van der Waals surface area contributed by atoms with E-state index in [0.717, 1.165) is 39.6 Å². The van der Waals surface area contributed by atoms with Gasteiger partial charge in [-0.05, 0) is 13.8 Å². The maximum Gasteiger partial charge on any atom is 0.0593 e. The quantitative estimate of drug-likeness (QED) is 0.0445. The van der Waals surface area contributed by atoms with Gasteiger partial charge in [-0.1, -0.05) is 26.0 Å². The number of rotatable bonds is 29. The van der Waals surface area contributed by atoms with Crippen LogP contribution in [0.1, 0.15) is 66.2 Å². The Bertz CT molecular complexity index is 685. The van der Waals surface area contributed by atoms with Crippen molar-refractivity contribution in [1.82, 2.24) is 0 Å². The smallest absolute Gasteiger partial charge is 0.0593 e. The van der Waals surface area contributed by atoms with E-state index in [0.29, 0.717) is 24.5 Å². The Morgan fingerprint density at radius 1 is 0.449 bits per heavy atom. The van der Waals surface area contributed by atoms with Gasteiger partial charge in [-0.2, -0.15) is 0 Å². The van der Waals surface area contributed by atoms with Gasteiger partial charge in [0.15, 0.2) is 0 Å². The third-order valence-corrected chi connectivity index (χ3v) is 13.3. The standard InChI is InChI=1S/C12H20N2O2.2C12H27O3P.Tc/c1-9(7-11(3)15)13-5-6-14-10(2)8-12(4)16;2*1-13-7-4-10-16(11-5-8-14-2)12-6-9-15-3;/h7-8,15-16H,5-6H2,1-4H3;2*4-12H2,1-3H3;/b11-7-,12-8-,13-9?,14-10?;;;/i;;;1+1. The molecule has 49 heavy (non-hydrogen) atoms. The summed E-state index contributed by atoms with van der Waals surface area (Å²) in [5.74, 6) is -0.0170. The van der Waals surface area contributed by atoms with Crippen LogP contribution in [0.2, 0.25) is 0 Å². The zero-order valence-corrected chi connectivity index (χ0v) is 36.7. The molecule has 0 aliphatic rings. The van der Waals surface area contributed by atoms with Crippen molar-refractivity contribution in [1.29, 1.82) is 0 Å². The van der Waals surface area contributed by atoms with Crippen molar-refractivity contribution >= 4 is 27.3 Å². The maximum absolute atomic E-state index is 10.7. The zero-order valence-electron chi connectivity index (χ0n) is 32.8. The molecule has 0 aliphatic carbocycles. The van der Waals surface area contributed by atoms with E-state index < -0.39 is 0 Å². The molecule has 13 heteroatoms. The van der Waals surface area contributed by atoms with Crippen LogP contribution in [-0.4, -0.2) is 144 Å². The summed E-state index contributed by atoms with van der Waals surface area (Å²) in [7, 11) is 10.3. The normalized spacial score (nSPS) is 12.4. The summed E-state index contributed by atoms with van der Waals surface area (Å²) in [6, 6.07) is 0. The molecule has 293 valence electrons. The van der Waals surface area contributed by atoms with Gasteiger partial charge in [-0.15, -0.1) is 11.5 Å². The van der Waals surface area contributed by atoms with Crippen molar-refractivity contribution in [3.63, 3.8) is 0 Å².